The summed E-state index contributed by atoms with van der Waals surface area (Å²) in [6.07, 6.45) is 2.34. The topological polar surface area (TPSA) is 87.2 Å². The van der Waals surface area contributed by atoms with Gasteiger partial charge in [-0.25, -0.2) is 4.98 Å². The summed E-state index contributed by atoms with van der Waals surface area (Å²) in [6, 6.07) is 19.0. The van der Waals surface area contributed by atoms with Crippen molar-refractivity contribution in [3.8, 4) is 22.8 Å². The van der Waals surface area contributed by atoms with E-state index in [1.165, 1.54) is 12.3 Å². The lowest BCUT2D eigenvalue weighted by Crippen LogP contribution is -2.13. The van der Waals surface area contributed by atoms with Gasteiger partial charge in [-0.15, -0.1) is 0 Å². The molecule has 0 fully saturated rings. The highest BCUT2D eigenvalue weighted by molar-refractivity contribution is 5.94. The van der Waals surface area contributed by atoms with Crippen molar-refractivity contribution < 1.29 is 14.6 Å². The molecule has 2 aromatic heterocycles. The van der Waals surface area contributed by atoms with Gasteiger partial charge in [-0.3, -0.25) is 4.79 Å². The number of aromatic hydroxyl groups is 1. The molecule has 29 heavy (non-hydrogen) atoms. The highest BCUT2D eigenvalue weighted by Gasteiger charge is 2.15. The minimum atomic E-state index is -0.204. The fourth-order valence-corrected chi connectivity index (χ4v) is 3.39. The second-order valence-electron chi connectivity index (χ2n) is 6.67. The summed E-state index contributed by atoms with van der Waals surface area (Å²) in [5.74, 6) is 0.713. The Bertz CT molecular complexity index is 1150. The quantitative estimate of drug-likeness (QED) is 0.454. The smallest absolute Gasteiger partial charge is 0.225 e. The van der Waals surface area contributed by atoms with Gasteiger partial charge in [-0.1, -0.05) is 18.2 Å². The lowest BCUT2D eigenvalue weighted by molar-refractivity contribution is -0.116. The number of anilines is 1. The van der Waals surface area contributed by atoms with Crippen molar-refractivity contribution in [2.24, 2.45) is 0 Å². The molecule has 3 N–H and O–H groups in total. The molecule has 6 nitrogen and oxygen atoms in total. The van der Waals surface area contributed by atoms with Crippen molar-refractivity contribution in [3.05, 3.63) is 72.4 Å². The van der Waals surface area contributed by atoms with Crippen LogP contribution in [0.4, 0.5) is 5.82 Å². The monoisotopic (exact) mass is 387 g/mol. The normalized spacial score (nSPS) is 10.8. The van der Waals surface area contributed by atoms with Crippen LogP contribution in [-0.4, -0.2) is 28.1 Å². The molecule has 4 aromatic rings. The van der Waals surface area contributed by atoms with Crippen LogP contribution in [0.15, 0.2) is 66.9 Å². The van der Waals surface area contributed by atoms with E-state index < -0.39 is 0 Å². The van der Waals surface area contributed by atoms with Crippen LogP contribution in [0.1, 0.15) is 12.0 Å². The third-order valence-electron chi connectivity index (χ3n) is 4.84. The van der Waals surface area contributed by atoms with Crippen LogP contribution in [0, 0.1) is 0 Å². The number of methoxy groups -OCH3 is 1. The summed E-state index contributed by atoms with van der Waals surface area (Å²) >= 11 is 0. The summed E-state index contributed by atoms with van der Waals surface area (Å²) in [7, 11) is 1.64. The van der Waals surface area contributed by atoms with Crippen LogP contribution < -0.4 is 10.1 Å². The highest BCUT2D eigenvalue weighted by atomic mass is 16.5. The summed E-state index contributed by atoms with van der Waals surface area (Å²) in [5.41, 5.74) is 4.12. The number of aryl methyl sites for hydroxylation is 1. The van der Waals surface area contributed by atoms with Crippen LogP contribution in [0.2, 0.25) is 0 Å². The third-order valence-corrected chi connectivity index (χ3v) is 4.84. The van der Waals surface area contributed by atoms with E-state index in [1.807, 2.05) is 42.5 Å². The molecule has 146 valence electrons. The number of H-pyrrole nitrogens is 1. The van der Waals surface area contributed by atoms with E-state index in [4.69, 9.17) is 4.74 Å². The van der Waals surface area contributed by atoms with Crippen LogP contribution in [0.25, 0.3) is 22.2 Å². The molecule has 0 radical (unpaired) electrons. The summed E-state index contributed by atoms with van der Waals surface area (Å²) < 4.78 is 5.25. The molecule has 0 aliphatic rings. The van der Waals surface area contributed by atoms with E-state index in [2.05, 4.69) is 21.4 Å². The van der Waals surface area contributed by atoms with E-state index in [0.717, 1.165) is 33.5 Å². The maximum atomic E-state index is 12.4. The molecule has 0 saturated heterocycles. The van der Waals surface area contributed by atoms with E-state index in [1.54, 1.807) is 13.2 Å². The van der Waals surface area contributed by atoms with Gasteiger partial charge in [0.2, 0.25) is 5.91 Å². The van der Waals surface area contributed by atoms with Gasteiger partial charge in [0.25, 0.3) is 0 Å². The first kappa shape index (κ1) is 18.6. The molecule has 0 aliphatic carbocycles. The number of nitrogens with one attached hydrogen (secondary N) is 2. The molecule has 1 amide bonds. The number of hydrogen-bond acceptors (Lipinski definition) is 4. The van der Waals surface area contributed by atoms with E-state index in [-0.39, 0.29) is 23.9 Å². The van der Waals surface area contributed by atoms with Gasteiger partial charge in [-0.2, -0.15) is 0 Å². The number of benzene rings is 2. The van der Waals surface area contributed by atoms with E-state index in [0.29, 0.717) is 6.42 Å². The van der Waals surface area contributed by atoms with Crippen molar-refractivity contribution in [2.75, 3.05) is 12.4 Å². The molecule has 0 atom stereocenters. The first-order chi connectivity index (χ1) is 14.2. The van der Waals surface area contributed by atoms with Gasteiger partial charge < -0.3 is 20.1 Å². The number of nitrogens with zero attached hydrogens (tertiary/aromatic N) is 1. The van der Waals surface area contributed by atoms with Crippen molar-refractivity contribution in [2.45, 2.75) is 12.8 Å². The number of pyridine rings is 1. The molecule has 2 heterocycles. The summed E-state index contributed by atoms with van der Waals surface area (Å²) in [5, 5.41) is 13.6. The van der Waals surface area contributed by atoms with Crippen LogP contribution >= 0.6 is 0 Å². The predicted molar refractivity (Wildman–Crippen MR) is 113 cm³/mol. The minimum Gasteiger partial charge on any atom is -0.504 e. The third kappa shape index (κ3) is 3.91. The average molecular weight is 387 g/mol. The highest BCUT2D eigenvalue weighted by Crippen LogP contribution is 2.32. The number of amides is 1. The molecule has 2 aromatic carbocycles. The number of para-hydroxylation sites is 1. The second kappa shape index (κ2) is 8.06. The van der Waals surface area contributed by atoms with Gasteiger partial charge in [0.05, 0.1) is 7.11 Å². The number of fused-ring (bicyclic) bond motifs is 1. The SMILES string of the molecule is COc1ccc(-c2[nH]c3ccccc3c2CCC(=O)Nc2ncccc2O)cc1. The molecule has 0 aliphatic heterocycles. The lowest BCUT2D eigenvalue weighted by atomic mass is 10.0. The van der Waals surface area contributed by atoms with Crippen molar-refractivity contribution >= 4 is 22.6 Å². The fraction of sp³-hybridized carbons (Fsp3) is 0.130. The molecule has 0 saturated carbocycles. The van der Waals surface area contributed by atoms with Crippen LogP contribution in [-0.2, 0) is 11.2 Å². The first-order valence-corrected chi connectivity index (χ1v) is 9.33. The Labute approximate surface area is 168 Å². The number of ether oxygens (including phenoxy) is 1. The Morgan fingerprint density at radius 1 is 1.10 bits per heavy atom. The summed E-state index contributed by atoms with van der Waals surface area (Å²) in [4.78, 5) is 19.9. The molecule has 0 spiro atoms. The summed E-state index contributed by atoms with van der Waals surface area (Å²) in [6.45, 7) is 0. The number of aromatic nitrogens is 2. The second-order valence-corrected chi connectivity index (χ2v) is 6.67. The van der Waals surface area contributed by atoms with Crippen molar-refractivity contribution in [1.82, 2.24) is 9.97 Å². The van der Waals surface area contributed by atoms with Gasteiger partial charge in [0.15, 0.2) is 11.6 Å². The van der Waals surface area contributed by atoms with Gasteiger partial charge in [0.1, 0.15) is 5.75 Å². The number of hydrogen-bond donors (Lipinski definition) is 3. The molecular weight excluding hydrogens is 366 g/mol. The van der Waals surface area contributed by atoms with Crippen LogP contribution in [0.5, 0.6) is 11.5 Å². The lowest BCUT2D eigenvalue weighted by Gasteiger charge is -2.08. The Kier molecular flexibility index (Phi) is 5.16. The fourth-order valence-electron chi connectivity index (χ4n) is 3.39. The number of aromatic amines is 1. The Morgan fingerprint density at radius 3 is 2.66 bits per heavy atom. The maximum Gasteiger partial charge on any atom is 0.225 e. The standard InChI is InChI=1S/C23H21N3O3/c1-29-16-10-8-15(9-11-16)22-18(17-5-2-3-6-19(17)25-22)12-13-21(28)26-23-20(27)7-4-14-24-23/h2-11,14,25,27H,12-13H2,1H3,(H,24,26,28). The maximum absolute atomic E-state index is 12.4. The Hall–Kier alpha value is -3.80. The van der Waals surface area contributed by atoms with E-state index >= 15 is 0 Å². The minimum absolute atomic E-state index is 0.0492. The van der Waals surface area contributed by atoms with Gasteiger partial charge >= 0.3 is 0 Å². The molecule has 0 unspecified atom stereocenters. The zero-order valence-corrected chi connectivity index (χ0v) is 16.0. The zero-order chi connectivity index (χ0) is 20.2. The Balaban J connectivity index is 1.60. The van der Waals surface area contributed by atoms with Gasteiger partial charge in [-0.05, 0) is 60.0 Å². The average Bonchev–Trinajstić information content (AvgIpc) is 3.12. The Morgan fingerprint density at radius 2 is 1.90 bits per heavy atom. The molecule has 4 rings (SSSR count). The largest absolute Gasteiger partial charge is 0.504 e. The van der Waals surface area contributed by atoms with E-state index in [9.17, 15) is 9.90 Å². The number of carbonyl (C=O) groups excluding carboxylic acids is 1. The molecule has 6 heteroatoms. The number of rotatable bonds is 6. The van der Waals surface area contributed by atoms with Crippen LogP contribution in [0.3, 0.4) is 0 Å². The van der Waals surface area contributed by atoms with Crippen molar-refractivity contribution in [3.63, 3.8) is 0 Å². The predicted octanol–water partition coefficient (Wildman–Crippen LogP) is 4.52. The van der Waals surface area contributed by atoms with Crippen molar-refractivity contribution in [1.29, 1.82) is 0 Å². The molecule has 0 bridgehead atoms. The van der Waals surface area contributed by atoms with Gasteiger partial charge in [0, 0.05) is 29.2 Å². The molecular formula is C23H21N3O3. The first-order valence-electron chi connectivity index (χ1n) is 9.33. The zero-order valence-electron chi connectivity index (χ0n) is 16.0. The number of carbonyl (C=O) groups is 1.